The molecule has 0 bridgehead atoms. The molecule has 36 heavy (non-hydrogen) atoms. The van der Waals surface area contributed by atoms with Crippen LogP contribution in [-0.4, -0.2) is 65.5 Å². The molecule has 190 valence electrons. The summed E-state index contributed by atoms with van der Waals surface area (Å²) in [6, 6.07) is 12.1. The monoisotopic (exact) mass is 491 g/mol. The number of para-hydroxylation sites is 1. The van der Waals surface area contributed by atoms with Crippen molar-refractivity contribution in [3.63, 3.8) is 0 Å². The Labute approximate surface area is 211 Å². The zero-order chi connectivity index (χ0) is 25.8. The molecule has 2 aliphatic rings. The van der Waals surface area contributed by atoms with Gasteiger partial charge in [0.1, 0.15) is 6.54 Å². The number of aliphatic hydroxyl groups excluding tert-OH is 1. The maximum atomic E-state index is 13.8. The second-order valence-electron chi connectivity index (χ2n) is 9.40. The summed E-state index contributed by atoms with van der Waals surface area (Å²) in [5.74, 6) is -0.730. The lowest BCUT2D eigenvalue weighted by atomic mass is 10.0. The number of rotatable bonds is 5. The fourth-order valence-electron chi connectivity index (χ4n) is 4.90. The lowest BCUT2D eigenvalue weighted by Gasteiger charge is -2.36. The van der Waals surface area contributed by atoms with Gasteiger partial charge in [0.15, 0.2) is 0 Å². The number of likely N-dealkylation sites (tertiary alicyclic amines) is 1. The molecule has 9 heteroatoms. The molecule has 0 aromatic heterocycles. The summed E-state index contributed by atoms with van der Waals surface area (Å²) < 4.78 is 0. The van der Waals surface area contributed by atoms with Crippen LogP contribution in [0.1, 0.15) is 42.9 Å². The summed E-state index contributed by atoms with van der Waals surface area (Å²) >= 11 is 0. The van der Waals surface area contributed by atoms with Gasteiger partial charge < -0.3 is 20.6 Å². The first-order valence-corrected chi connectivity index (χ1v) is 12.3. The molecule has 2 atom stereocenters. The molecule has 9 nitrogen and oxygen atoms in total. The van der Waals surface area contributed by atoms with Crippen LogP contribution in [0.15, 0.2) is 47.5 Å². The number of aliphatic hydroxyl groups is 1. The molecule has 0 radical (unpaired) electrons. The van der Waals surface area contributed by atoms with Crippen LogP contribution in [-0.2, 0) is 9.59 Å². The number of hydrogen-bond donors (Lipinski definition) is 3. The fraction of sp³-hybridized carbons (Fsp3) is 0.407. The van der Waals surface area contributed by atoms with Crippen LogP contribution >= 0.6 is 0 Å². The van der Waals surface area contributed by atoms with Gasteiger partial charge >= 0.3 is 6.03 Å². The molecular weight excluding hydrogens is 458 g/mol. The molecule has 1 fully saturated rings. The van der Waals surface area contributed by atoms with Crippen LogP contribution in [0.5, 0.6) is 0 Å². The Morgan fingerprint density at radius 3 is 2.64 bits per heavy atom. The van der Waals surface area contributed by atoms with E-state index in [2.05, 4.69) is 15.6 Å². The van der Waals surface area contributed by atoms with Gasteiger partial charge in [0, 0.05) is 23.5 Å². The van der Waals surface area contributed by atoms with Gasteiger partial charge in [-0.15, -0.1) is 0 Å². The van der Waals surface area contributed by atoms with Gasteiger partial charge in [0.05, 0.1) is 18.3 Å². The largest absolute Gasteiger partial charge is 0.394 e. The number of aryl methyl sites for hydroxylation is 2. The van der Waals surface area contributed by atoms with Crippen LogP contribution in [0.2, 0.25) is 0 Å². The topological polar surface area (TPSA) is 114 Å². The predicted molar refractivity (Wildman–Crippen MR) is 139 cm³/mol. The Kier molecular flexibility index (Phi) is 7.69. The highest BCUT2D eigenvalue weighted by Gasteiger charge is 2.36. The van der Waals surface area contributed by atoms with Crippen molar-refractivity contribution < 1.29 is 19.5 Å². The maximum Gasteiger partial charge on any atom is 0.321 e. The molecule has 0 aliphatic carbocycles. The number of anilines is 2. The minimum Gasteiger partial charge on any atom is -0.394 e. The van der Waals surface area contributed by atoms with E-state index in [4.69, 9.17) is 0 Å². The Morgan fingerprint density at radius 1 is 1.11 bits per heavy atom. The first-order valence-electron chi connectivity index (χ1n) is 12.3. The molecule has 2 unspecified atom stereocenters. The van der Waals surface area contributed by atoms with E-state index in [1.807, 2.05) is 50.2 Å². The normalized spacial score (nSPS) is 19.8. The summed E-state index contributed by atoms with van der Waals surface area (Å²) in [5.41, 5.74) is 4.34. The first kappa shape index (κ1) is 25.4. The molecule has 0 spiro atoms. The predicted octanol–water partition coefficient (Wildman–Crippen LogP) is 2.98. The number of fused-ring (bicyclic) bond motifs is 1. The Bertz CT molecular complexity index is 1190. The lowest BCUT2D eigenvalue weighted by Crippen LogP contribution is -2.54. The van der Waals surface area contributed by atoms with E-state index in [1.54, 1.807) is 17.9 Å². The van der Waals surface area contributed by atoms with Gasteiger partial charge in [-0.25, -0.2) is 4.79 Å². The van der Waals surface area contributed by atoms with Gasteiger partial charge in [0.25, 0.3) is 5.91 Å². The number of carbonyl (C=O) groups is 3. The molecule has 1 saturated heterocycles. The second-order valence-corrected chi connectivity index (χ2v) is 9.40. The third-order valence-electron chi connectivity index (χ3n) is 6.72. The van der Waals surface area contributed by atoms with E-state index in [-0.39, 0.29) is 25.1 Å². The minimum atomic E-state index is -1.20. The van der Waals surface area contributed by atoms with Gasteiger partial charge in [-0.3, -0.25) is 19.5 Å². The van der Waals surface area contributed by atoms with E-state index in [0.717, 1.165) is 36.0 Å². The number of hydrogen-bond acceptors (Lipinski definition) is 5. The molecule has 0 saturated carbocycles. The molecule has 4 rings (SSSR count). The van der Waals surface area contributed by atoms with E-state index in [9.17, 15) is 19.5 Å². The third-order valence-corrected chi connectivity index (χ3v) is 6.72. The average Bonchev–Trinajstić information content (AvgIpc) is 2.95. The van der Waals surface area contributed by atoms with E-state index in [0.29, 0.717) is 23.6 Å². The number of amides is 4. The number of benzene rings is 2. The number of nitrogens with one attached hydrogen (secondary N) is 2. The number of carbonyl (C=O) groups excluding carboxylic acids is 3. The number of urea groups is 1. The highest BCUT2D eigenvalue weighted by Crippen LogP contribution is 2.30. The van der Waals surface area contributed by atoms with Crippen molar-refractivity contribution in [1.29, 1.82) is 0 Å². The van der Waals surface area contributed by atoms with Gasteiger partial charge in [0.2, 0.25) is 12.1 Å². The first-order chi connectivity index (χ1) is 17.3. The zero-order valence-corrected chi connectivity index (χ0v) is 21.0. The van der Waals surface area contributed by atoms with Crippen molar-refractivity contribution in [3.05, 3.63) is 59.2 Å². The van der Waals surface area contributed by atoms with E-state index in [1.165, 1.54) is 4.90 Å². The van der Waals surface area contributed by atoms with Crippen LogP contribution in [0.25, 0.3) is 0 Å². The van der Waals surface area contributed by atoms with Crippen molar-refractivity contribution in [2.75, 3.05) is 29.9 Å². The Balaban J connectivity index is 1.62. The Hall–Kier alpha value is -3.72. The number of benzodiazepines with no additional fused rings is 1. The van der Waals surface area contributed by atoms with Crippen LogP contribution in [0.3, 0.4) is 0 Å². The smallest absolute Gasteiger partial charge is 0.321 e. The van der Waals surface area contributed by atoms with Crippen LogP contribution < -0.4 is 15.5 Å². The lowest BCUT2D eigenvalue weighted by molar-refractivity contribution is -0.135. The van der Waals surface area contributed by atoms with Crippen molar-refractivity contribution in [2.45, 2.75) is 52.2 Å². The van der Waals surface area contributed by atoms with E-state index >= 15 is 0 Å². The SMILES string of the molecule is CC1=NC(NC(=O)Nc2cccc(C)c2)C(=O)N(CC(=O)N2CCCCC2CO)c2c(C)cccc21. The number of piperidine rings is 1. The summed E-state index contributed by atoms with van der Waals surface area (Å²) in [4.78, 5) is 47.6. The molecule has 3 N–H and O–H groups in total. The highest BCUT2D eigenvalue weighted by molar-refractivity contribution is 6.14. The van der Waals surface area contributed by atoms with E-state index < -0.39 is 18.1 Å². The van der Waals surface area contributed by atoms with Crippen molar-refractivity contribution in [1.82, 2.24) is 10.2 Å². The van der Waals surface area contributed by atoms with Crippen molar-refractivity contribution in [2.24, 2.45) is 4.99 Å². The number of nitrogens with zero attached hydrogens (tertiary/aromatic N) is 3. The molecule has 2 aliphatic heterocycles. The molecule has 2 aromatic carbocycles. The molecular formula is C27H33N5O4. The summed E-state index contributed by atoms with van der Waals surface area (Å²) in [6.07, 6.45) is 1.34. The fourth-order valence-corrected chi connectivity index (χ4v) is 4.90. The average molecular weight is 492 g/mol. The molecule has 2 heterocycles. The number of aliphatic imine (C=N–C) groups is 1. The Morgan fingerprint density at radius 2 is 1.89 bits per heavy atom. The maximum absolute atomic E-state index is 13.8. The summed E-state index contributed by atoms with van der Waals surface area (Å²) in [6.45, 7) is 5.82. The highest BCUT2D eigenvalue weighted by atomic mass is 16.3. The summed E-state index contributed by atoms with van der Waals surface area (Å²) in [7, 11) is 0. The second kappa shape index (κ2) is 10.9. The van der Waals surface area contributed by atoms with Crippen molar-refractivity contribution in [3.8, 4) is 0 Å². The van der Waals surface area contributed by atoms with Gasteiger partial charge in [-0.1, -0.05) is 30.3 Å². The molecule has 2 aromatic rings. The van der Waals surface area contributed by atoms with Gasteiger partial charge in [-0.2, -0.15) is 0 Å². The zero-order valence-electron chi connectivity index (χ0n) is 21.0. The third kappa shape index (κ3) is 5.41. The molecule has 4 amide bonds. The standard InChI is InChI=1S/C27H33N5O4/c1-17-8-6-10-20(14-17)29-27(36)30-25-26(35)32(15-23(34)31-13-5-4-11-21(31)16-33)24-18(2)9-7-12-22(24)19(3)28-25/h6-10,12,14,21,25,33H,4-5,11,13,15-16H2,1-3H3,(H2,29,30,36). The van der Waals surface area contributed by atoms with Crippen LogP contribution in [0.4, 0.5) is 16.2 Å². The summed E-state index contributed by atoms with van der Waals surface area (Å²) in [5, 5.41) is 15.2. The minimum absolute atomic E-state index is 0.110. The van der Waals surface area contributed by atoms with Crippen molar-refractivity contribution >= 4 is 34.9 Å². The van der Waals surface area contributed by atoms with Crippen LogP contribution in [0, 0.1) is 13.8 Å². The quantitative estimate of drug-likeness (QED) is 0.597. The van der Waals surface area contributed by atoms with Gasteiger partial charge in [-0.05, 0) is 63.3 Å².